The molecule has 0 aliphatic carbocycles. The van der Waals surface area contributed by atoms with Crippen molar-refractivity contribution >= 4 is 11.6 Å². The summed E-state index contributed by atoms with van der Waals surface area (Å²) in [6.07, 6.45) is 2.37. The van der Waals surface area contributed by atoms with Gasteiger partial charge in [-0.2, -0.15) is 0 Å². The van der Waals surface area contributed by atoms with Crippen LogP contribution in [0.5, 0.6) is 5.75 Å². The molecular formula is C15H20N2O3. The fraction of sp³-hybridized carbons (Fsp3) is 0.400. The molecule has 0 saturated carbocycles. The van der Waals surface area contributed by atoms with E-state index in [9.17, 15) is 4.79 Å². The Hall–Kier alpha value is -2.01. The van der Waals surface area contributed by atoms with Crippen molar-refractivity contribution in [2.24, 2.45) is 0 Å². The second-order valence-corrected chi connectivity index (χ2v) is 4.66. The van der Waals surface area contributed by atoms with Crippen molar-refractivity contribution in [3.63, 3.8) is 0 Å². The summed E-state index contributed by atoms with van der Waals surface area (Å²) in [4.78, 5) is 11.3. The molecule has 1 atom stereocenters. The van der Waals surface area contributed by atoms with Crippen LogP contribution in [-0.2, 0) is 9.53 Å². The minimum atomic E-state index is -0.114. The Morgan fingerprint density at radius 3 is 3.25 bits per heavy atom. The minimum Gasteiger partial charge on any atom is -0.502 e. The number of anilines is 1. The Labute approximate surface area is 119 Å². The summed E-state index contributed by atoms with van der Waals surface area (Å²) >= 11 is 0. The first kappa shape index (κ1) is 14.4. The summed E-state index contributed by atoms with van der Waals surface area (Å²) in [6.45, 7) is 7.19. The fourth-order valence-corrected chi connectivity index (χ4v) is 2.05. The number of carbonyl (C=O) groups excluding carboxylic acids is 1. The highest BCUT2D eigenvalue weighted by Crippen LogP contribution is 2.30. The highest BCUT2D eigenvalue weighted by molar-refractivity contribution is 5.95. The van der Waals surface area contributed by atoms with Crippen LogP contribution in [0.4, 0.5) is 5.69 Å². The zero-order valence-electron chi connectivity index (χ0n) is 11.6. The number of benzene rings is 1. The summed E-state index contributed by atoms with van der Waals surface area (Å²) in [5.41, 5.74) is 1.85. The molecule has 1 aliphatic heterocycles. The first-order valence-electron chi connectivity index (χ1n) is 6.73. The summed E-state index contributed by atoms with van der Waals surface area (Å²) in [5.74, 6) is 0.608. The molecule has 1 aromatic carbocycles. The molecule has 0 fully saturated rings. The van der Waals surface area contributed by atoms with Crippen LogP contribution in [0.2, 0.25) is 0 Å². The lowest BCUT2D eigenvalue weighted by atomic mass is 10.1. The van der Waals surface area contributed by atoms with Gasteiger partial charge in [0.15, 0.2) is 6.61 Å². The van der Waals surface area contributed by atoms with Gasteiger partial charge in [0.1, 0.15) is 5.75 Å². The number of nitrogens with one attached hydrogen (secondary N) is 2. The highest BCUT2D eigenvalue weighted by atomic mass is 16.5. The van der Waals surface area contributed by atoms with E-state index in [1.165, 1.54) is 6.26 Å². The van der Waals surface area contributed by atoms with Crippen LogP contribution < -0.4 is 15.4 Å². The largest absolute Gasteiger partial charge is 0.502 e. The predicted octanol–water partition coefficient (Wildman–Crippen LogP) is 2.22. The van der Waals surface area contributed by atoms with Crippen molar-refractivity contribution in [3.05, 3.63) is 36.6 Å². The Morgan fingerprint density at radius 1 is 1.60 bits per heavy atom. The average molecular weight is 276 g/mol. The molecule has 108 valence electrons. The second-order valence-electron chi connectivity index (χ2n) is 4.66. The van der Waals surface area contributed by atoms with E-state index >= 15 is 0 Å². The van der Waals surface area contributed by atoms with E-state index in [0.717, 1.165) is 30.0 Å². The van der Waals surface area contributed by atoms with E-state index in [4.69, 9.17) is 9.47 Å². The van der Waals surface area contributed by atoms with E-state index in [1.54, 1.807) is 0 Å². The van der Waals surface area contributed by atoms with E-state index in [1.807, 2.05) is 18.2 Å². The van der Waals surface area contributed by atoms with Gasteiger partial charge in [-0.1, -0.05) is 12.6 Å². The fourth-order valence-electron chi connectivity index (χ4n) is 2.05. The molecule has 5 nitrogen and oxygen atoms in total. The molecule has 0 radical (unpaired) electrons. The van der Waals surface area contributed by atoms with Crippen molar-refractivity contribution in [3.8, 4) is 5.75 Å². The number of ether oxygens (including phenoxy) is 2. The zero-order chi connectivity index (χ0) is 14.4. The molecule has 1 aromatic rings. The average Bonchev–Trinajstić information content (AvgIpc) is 2.46. The number of hydrogen-bond donors (Lipinski definition) is 2. The zero-order valence-corrected chi connectivity index (χ0v) is 11.6. The van der Waals surface area contributed by atoms with Crippen molar-refractivity contribution in [2.45, 2.75) is 19.4 Å². The van der Waals surface area contributed by atoms with Crippen LogP contribution in [-0.4, -0.2) is 25.7 Å². The van der Waals surface area contributed by atoms with Gasteiger partial charge in [-0.3, -0.25) is 4.79 Å². The lowest BCUT2D eigenvalue weighted by molar-refractivity contribution is -0.118. The molecule has 20 heavy (non-hydrogen) atoms. The molecule has 0 bridgehead atoms. The van der Waals surface area contributed by atoms with Crippen molar-refractivity contribution in [2.75, 3.05) is 25.1 Å². The number of fused-ring (bicyclic) bond motifs is 1. The van der Waals surface area contributed by atoms with Gasteiger partial charge in [0, 0.05) is 6.04 Å². The second kappa shape index (κ2) is 6.96. The van der Waals surface area contributed by atoms with Crippen LogP contribution in [0.1, 0.15) is 24.9 Å². The molecule has 2 rings (SSSR count). The summed E-state index contributed by atoms with van der Waals surface area (Å²) in [6, 6.07) is 6.05. The molecule has 5 heteroatoms. The van der Waals surface area contributed by atoms with Crippen molar-refractivity contribution < 1.29 is 14.3 Å². The Bertz CT molecular complexity index is 488. The normalized spacial score (nSPS) is 14.8. The van der Waals surface area contributed by atoms with Crippen LogP contribution in [0.3, 0.4) is 0 Å². The number of amides is 1. The minimum absolute atomic E-state index is 0.0868. The maximum atomic E-state index is 11.3. The van der Waals surface area contributed by atoms with Crippen molar-refractivity contribution in [1.82, 2.24) is 5.32 Å². The molecule has 0 aromatic heterocycles. The number of rotatable bonds is 7. The topological polar surface area (TPSA) is 59.6 Å². The first-order chi connectivity index (χ1) is 9.70. The van der Waals surface area contributed by atoms with Gasteiger partial charge in [-0.15, -0.1) is 0 Å². The number of carbonyl (C=O) groups is 1. The summed E-state index contributed by atoms with van der Waals surface area (Å²) in [7, 11) is 0. The van der Waals surface area contributed by atoms with E-state index in [2.05, 4.69) is 24.1 Å². The van der Waals surface area contributed by atoms with Gasteiger partial charge in [-0.25, -0.2) is 0 Å². The van der Waals surface area contributed by atoms with Crippen LogP contribution in [0.15, 0.2) is 31.0 Å². The van der Waals surface area contributed by atoms with Crippen molar-refractivity contribution in [1.29, 1.82) is 0 Å². The van der Waals surface area contributed by atoms with Gasteiger partial charge >= 0.3 is 0 Å². The SMILES string of the molecule is C=COCCCNC(C)c1ccc2c(c1)NC(=O)CO2. The molecule has 0 saturated heterocycles. The standard InChI is InChI=1S/C15H20N2O3/c1-3-19-8-4-7-16-11(2)12-5-6-14-13(9-12)17-15(18)10-20-14/h3,5-6,9,11,16H,1,4,7-8,10H2,2H3,(H,17,18). The first-order valence-corrected chi connectivity index (χ1v) is 6.73. The molecule has 1 unspecified atom stereocenters. The van der Waals surface area contributed by atoms with E-state index in [-0.39, 0.29) is 18.6 Å². The van der Waals surface area contributed by atoms with Gasteiger partial charge in [0.05, 0.1) is 18.6 Å². The predicted molar refractivity (Wildman–Crippen MR) is 77.8 cm³/mol. The van der Waals surface area contributed by atoms with E-state index < -0.39 is 0 Å². The molecular weight excluding hydrogens is 256 g/mol. The lowest BCUT2D eigenvalue weighted by Gasteiger charge is -2.21. The monoisotopic (exact) mass is 276 g/mol. The van der Waals surface area contributed by atoms with Crippen LogP contribution in [0.25, 0.3) is 0 Å². The smallest absolute Gasteiger partial charge is 0.262 e. The Morgan fingerprint density at radius 2 is 2.45 bits per heavy atom. The van der Waals surface area contributed by atoms with Gasteiger partial charge in [-0.05, 0) is 37.6 Å². The third-order valence-corrected chi connectivity index (χ3v) is 3.14. The molecule has 2 N–H and O–H groups in total. The maximum Gasteiger partial charge on any atom is 0.262 e. The third-order valence-electron chi connectivity index (χ3n) is 3.14. The van der Waals surface area contributed by atoms with Crippen LogP contribution >= 0.6 is 0 Å². The van der Waals surface area contributed by atoms with Gasteiger partial charge in [0.2, 0.25) is 0 Å². The third kappa shape index (κ3) is 3.74. The Balaban J connectivity index is 1.90. The summed E-state index contributed by atoms with van der Waals surface area (Å²) in [5, 5.41) is 6.22. The molecule has 1 aliphatic rings. The summed E-state index contributed by atoms with van der Waals surface area (Å²) < 4.78 is 10.4. The maximum absolute atomic E-state index is 11.3. The number of hydrogen-bond acceptors (Lipinski definition) is 4. The Kier molecular flexibility index (Phi) is 5.01. The molecule has 1 heterocycles. The molecule has 1 amide bonds. The highest BCUT2D eigenvalue weighted by Gasteiger charge is 2.17. The van der Waals surface area contributed by atoms with Crippen LogP contribution in [0, 0.1) is 0 Å². The van der Waals surface area contributed by atoms with E-state index in [0.29, 0.717) is 6.61 Å². The van der Waals surface area contributed by atoms with Gasteiger partial charge in [0.25, 0.3) is 5.91 Å². The molecule has 0 spiro atoms. The quantitative estimate of drug-likeness (QED) is 0.592. The van der Waals surface area contributed by atoms with Gasteiger partial charge < -0.3 is 20.1 Å². The lowest BCUT2D eigenvalue weighted by Crippen LogP contribution is -2.26.